The highest BCUT2D eigenvalue weighted by molar-refractivity contribution is 5.94. The van der Waals surface area contributed by atoms with Crippen LogP contribution in [0.4, 0.5) is 5.69 Å². The topological polar surface area (TPSA) is 96.2 Å². The molecule has 1 aromatic rings. The second-order valence-electron chi connectivity index (χ2n) is 3.46. The molecule has 0 aliphatic heterocycles. The first-order valence-corrected chi connectivity index (χ1v) is 5.23. The Morgan fingerprint density at radius 1 is 1.12 bits per heavy atom. The molecule has 0 aliphatic rings. The van der Waals surface area contributed by atoms with Crippen molar-refractivity contribution in [1.82, 2.24) is 10.6 Å². The summed E-state index contributed by atoms with van der Waals surface area (Å²) in [5.41, 5.74) is 3.76. The summed E-state index contributed by atoms with van der Waals surface area (Å²) in [5.74, 6) is 4.92. The smallest absolute Gasteiger partial charge is 0.251 e. The lowest BCUT2D eigenvalue weighted by Crippen LogP contribution is -2.33. The molecule has 17 heavy (non-hydrogen) atoms. The first-order valence-electron chi connectivity index (χ1n) is 5.23. The van der Waals surface area contributed by atoms with Crippen molar-refractivity contribution in [3.63, 3.8) is 0 Å². The lowest BCUT2D eigenvalue weighted by Gasteiger charge is -2.06. The van der Waals surface area contributed by atoms with Gasteiger partial charge in [0.2, 0.25) is 5.91 Å². The lowest BCUT2D eigenvalue weighted by atomic mass is 10.2. The van der Waals surface area contributed by atoms with Gasteiger partial charge in [0.25, 0.3) is 5.91 Å². The normalized spacial score (nSPS) is 9.53. The summed E-state index contributed by atoms with van der Waals surface area (Å²) >= 11 is 0. The quantitative estimate of drug-likeness (QED) is 0.324. The number of carbonyl (C=O) groups excluding carboxylic acids is 2. The molecule has 0 aromatic heterocycles. The number of nitrogen functional groups attached to an aromatic ring is 1. The maximum Gasteiger partial charge on any atom is 0.251 e. The van der Waals surface area contributed by atoms with Crippen molar-refractivity contribution >= 4 is 17.5 Å². The summed E-state index contributed by atoms with van der Waals surface area (Å²) in [4.78, 5) is 22.2. The molecule has 1 rings (SSSR count). The van der Waals surface area contributed by atoms with E-state index >= 15 is 0 Å². The molecule has 0 aliphatic carbocycles. The number of hydrazine groups is 1. The van der Waals surface area contributed by atoms with Crippen molar-refractivity contribution in [1.29, 1.82) is 0 Å². The van der Waals surface area contributed by atoms with Gasteiger partial charge in [-0.1, -0.05) is 0 Å². The number of anilines is 1. The number of carbonyl (C=O) groups is 2. The molecule has 0 unspecified atom stereocenters. The fourth-order valence-corrected chi connectivity index (χ4v) is 1.23. The van der Waals surface area contributed by atoms with Crippen LogP contribution in [0.1, 0.15) is 17.3 Å². The number of hydrogen-bond acceptors (Lipinski definition) is 4. The molecule has 2 amide bonds. The highest BCUT2D eigenvalue weighted by Crippen LogP contribution is 2.07. The van der Waals surface area contributed by atoms with E-state index in [1.807, 2.05) is 0 Å². The number of amides is 2. The number of nitrogens with two attached hydrogens (primary N) is 1. The van der Waals surface area contributed by atoms with Crippen molar-refractivity contribution < 1.29 is 9.59 Å². The number of rotatable bonds is 5. The van der Waals surface area contributed by atoms with Crippen LogP contribution in [0.25, 0.3) is 0 Å². The molecular weight excluding hydrogens is 220 g/mol. The molecule has 0 spiro atoms. The van der Waals surface area contributed by atoms with Crippen LogP contribution in [0.3, 0.4) is 0 Å². The van der Waals surface area contributed by atoms with Crippen LogP contribution in [-0.4, -0.2) is 24.9 Å². The van der Waals surface area contributed by atoms with Gasteiger partial charge in [0.05, 0.1) is 0 Å². The van der Waals surface area contributed by atoms with Crippen molar-refractivity contribution in [2.45, 2.75) is 6.92 Å². The molecule has 92 valence electrons. The highest BCUT2D eigenvalue weighted by atomic mass is 16.2. The Bertz CT molecular complexity index is 389. The minimum absolute atomic E-state index is 0.113. The van der Waals surface area contributed by atoms with Crippen molar-refractivity contribution in [3.05, 3.63) is 29.8 Å². The van der Waals surface area contributed by atoms with E-state index in [9.17, 15) is 9.59 Å². The van der Waals surface area contributed by atoms with E-state index in [0.29, 0.717) is 18.7 Å². The predicted octanol–water partition coefficient (Wildman–Crippen LogP) is -0.162. The maximum atomic E-state index is 11.6. The zero-order valence-corrected chi connectivity index (χ0v) is 9.62. The third kappa shape index (κ3) is 4.52. The first-order chi connectivity index (χ1) is 8.13. The molecule has 0 fully saturated rings. The van der Waals surface area contributed by atoms with Gasteiger partial charge in [0.15, 0.2) is 0 Å². The summed E-state index contributed by atoms with van der Waals surface area (Å²) in [6.45, 7) is 2.25. The predicted molar refractivity (Wildman–Crippen MR) is 65.3 cm³/mol. The van der Waals surface area contributed by atoms with E-state index in [2.05, 4.69) is 16.1 Å². The van der Waals surface area contributed by atoms with E-state index in [-0.39, 0.29) is 11.8 Å². The van der Waals surface area contributed by atoms with E-state index in [1.165, 1.54) is 6.92 Å². The van der Waals surface area contributed by atoms with E-state index in [0.717, 1.165) is 5.69 Å². The molecule has 5 N–H and O–H groups in total. The average Bonchev–Trinajstić information content (AvgIpc) is 2.34. The Labute approximate surface area is 99.5 Å². The van der Waals surface area contributed by atoms with Crippen LogP contribution in [0.15, 0.2) is 24.3 Å². The number of nitrogens with one attached hydrogen (secondary N) is 3. The molecule has 6 nitrogen and oxygen atoms in total. The van der Waals surface area contributed by atoms with Gasteiger partial charge in [-0.25, -0.2) is 0 Å². The van der Waals surface area contributed by atoms with Gasteiger partial charge >= 0.3 is 0 Å². The summed E-state index contributed by atoms with van der Waals surface area (Å²) in [6.07, 6.45) is 0. The molecule has 6 heteroatoms. The molecule has 0 bridgehead atoms. The summed E-state index contributed by atoms with van der Waals surface area (Å²) < 4.78 is 0. The van der Waals surface area contributed by atoms with Gasteiger partial charge in [-0.3, -0.25) is 15.4 Å². The van der Waals surface area contributed by atoms with Crippen LogP contribution >= 0.6 is 0 Å². The standard InChI is InChI=1S/C11H16N4O2/c1-8(16)13-6-7-14-11(17)9-2-4-10(15-12)5-3-9/h2-5,15H,6-7,12H2,1H3,(H,13,16)(H,14,17). The maximum absolute atomic E-state index is 11.6. The van der Waals surface area contributed by atoms with Crippen molar-refractivity contribution in [2.24, 2.45) is 5.84 Å². The van der Waals surface area contributed by atoms with Gasteiger partial charge in [-0.15, -0.1) is 0 Å². The van der Waals surface area contributed by atoms with Gasteiger partial charge in [-0.05, 0) is 24.3 Å². The molecule has 0 atom stereocenters. The van der Waals surface area contributed by atoms with E-state index in [4.69, 9.17) is 5.84 Å². The Balaban J connectivity index is 2.38. The largest absolute Gasteiger partial charge is 0.355 e. The van der Waals surface area contributed by atoms with Gasteiger partial charge in [-0.2, -0.15) is 0 Å². The average molecular weight is 236 g/mol. The van der Waals surface area contributed by atoms with E-state index < -0.39 is 0 Å². The Morgan fingerprint density at radius 3 is 2.24 bits per heavy atom. The summed E-state index contributed by atoms with van der Waals surface area (Å²) in [5, 5.41) is 5.28. The Kier molecular flexibility index (Phi) is 4.96. The SMILES string of the molecule is CC(=O)NCCNC(=O)c1ccc(NN)cc1. The minimum Gasteiger partial charge on any atom is -0.355 e. The molecular formula is C11H16N4O2. The molecule has 0 radical (unpaired) electrons. The van der Waals surface area contributed by atoms with Gasteiger partial charge in [0.1, 0.15) is 0 Å². The summed E-state index contributed by atoms with van der Waals surface area (Å²) in [7, 11) is 0. The van der Waals surface area contributed by atoms with Gasteiger partial charge < -0.3 is 16.1 Å². The second-order valence-corrected chi connectivity index (χ2v) is 3.46. The Hall–Kier alpha value is -2.08. The fourth-order valence-electron chi connectivity index (χ4n) is 1.23. The summed E-state index contributed by atoms with van der Waals surface area (Å²) in [6, 6.07) is 6.76. The third-order valence-electron chi connectivity index (χ3n) is 2.10. The minimum atomic E-state index is -0.182. The third-order valence-corrected chi connectivity index (χ3v) is 2.10. The van der Waals surface area contributed by atoms with Crippen LogP contribution < -0.4 is 21.9 Å². The lowest BCUT2D eigenvalue weighted by molar-refractivity contribution is -0.118. The molecule has 1 aromatic carbocycles. The second kappa shape index (κ2) is 6.49. The van der Waals surface area contributed by atoms with Crippen LogP contribution in [0.5, 0.6) is 0 Å². The fraction of sp³-hybridized carbons (Fsp3) is 0.273. The van der Waals surface area contributed by atoms with Crippen LogP contribution in [-0.2, 0) is 4.79 Å². The van der Waals surface area contributed by atoms with Gasteiger partial charge in [0, 0.05) is 31.3 Å². The monoisotopic (exact) mass is 236 g/mol. The van der Waals surface area contributed by atoms with Crippen LogP contribution in [0.2, 0.25) is 0 Å². The molecule has 0 heterocycles. The zero-order chi connectivity index (χ0) is 12.7. The van der Waals surface area contributed by atoms with Crippen molar-refractivity contribution in [2.75, 3.05) is 18.5 Å². The van der Waals surface area contributed by atoms with Crippen LogP contribution in [0, 0.1) is 0 Å². The molecule has 0 saturated heterocycles. The Morgan fingerprint density at radius 2 is 1.71 bits per heavy atom. The number of hydrogen-bond donors (Lipinski definition) is 4. The first kappa shape index (κ1) is 13.0. The molecule has 0 saturated carbocycles. The zero-order valence-electron chi connectivity index (χ0n) is 9.62. The highest BCUT2D eigenvalue weighted by Gasteiger charge is 2.03. The number of benzene rings is 1. The van der Waals surface area contributed by atoms with Crippen molar-refractivity contribution in [3.8, 4) is 0 Å². The van der Waals surface area contributed by atoms with E-state index in [1.54, 1.807) is 24.3 Å².